The second kappa shape index (κ2) is 4.26. The van der Waals surface area contributed by atoms with Crippen LogP contribution in [0.2, 0.25) is 0 Å². The Balaban J connectivity index is 2.29. The summed E-state index contributed by atoms with van der Waals surface area (Å²) in [5.41, 5.74) is 0.405. The molecule has 0 unspecified atom stereocenters. The van der Waals surface area contributed by atoms with Gasteiger partial charge in [-0.25, -0.2) is 8.42 Å². The molecule has 2 aromatic rings. The maximum Gasteiger partial charge on any atom is 0.261 e. The zero-order valence-corrected chi connectivity index (χ0v) is 10.4. The highest BCUT2D eigenvalue weighted by molar-refractivity contribution is 9.10. The van der Waals surface area contributed by atoms with E-state index in [1.54, 1.807) is 12.1 Å². The molecular formula is C9H8BrN3O2S. The third-order valence-corrected chi connectivity index (χ3v) is 3.80. The smallest absolute Gasteiger partial charge is 0.261 e. The summed E-state index contributed by atoms with van der Waals surface area (Å²) in [4.78, 5) is 0.205. The fraction of sp³-hybridized carbons (Fsp3) is 0. The molecule has 0 saturated heterocycles. The van der Waals surface area contributed by atoms with Gasteiger partial charge in [-0.1, -0.05) is 15.9 Å². The highest BCUT2D eigenvalue weighted by atomic mass is 79.9. The van der Waals surface area contributed by atoms with Gasteiger partial charge in [-0.15, -0.1) is 0 Å². The Kier molecular flexibility index (Phi) is 2.97. The molecule has 7 heteroatoms. The van der Waals surface area contributed by atoms with Crippen molar-refractivity contribution in [3.05, 3.63) is 41.1 Å². The Morgan fingerprint density at radius 1 is 1.25 bits per heavy atom. The minimum atomic E-state index is -3.53. The number of anilines is 1. The Morgan fingerprint density at radius 3 is 2.50 bits per heavy atom. The zero-order chi connectivity index (χ0) is 11.6. The molecular weight excluding hydrogens is 294 g/mol. The fourth-order valence-electron chi connectivity index (χ4n) is 1.13. The predicted molar refractivity (Wildman–Crippen MR) is 63.5 cm³/mol. The van der Waals surface area contributed by atoms with E-state index in [2.05, 4.69) is 30.8 Å². The SMILES string of the molecule is O=S(=O)(Nc1cn[nH]c1)c1ccc(Br)cc1. The molecule has 0 saturated carbocycles. The van der Waals surface area contributed by atoms with E-state index in [1.807, 2.05) is 0 Å². The number of aromatic amines is 1. The van der Waals surface area contributed by atoms with Crippen molar-refractivity contribution >= 4 is 31.6 Å². The van der Waals surface area contributed by atoms with E-state index in [4.69, 9.17) is 0 Å². The lowest BCUT2D eigenvalue weighted by atomic mass is 10.4. The minimum absolute atomic E-state index is 0.205. The second-order valence-corrected chi connectivity index (χ2v) is 5.64. The molecule has 0 aliphatic heterocycles. The van der Waals surface area contributed by atoms with E-state index in [9.17, 15) is 8.42 Å². The van der Waals surface area contributed by atoms with Crippen LogP contribution in [-0.4, -0.2) is 18.6 Å². The van der Waals surface area contributed by atoms with Crippen LogP contribution in [0, 0.1) is 0 Å². The lowest BCUT2D eigenvalue weighted by Crippen LogP contribution is -2.12. The van der Waals surface area contributed by atoms with Crippen molar-refractivity contribution in [3.8, 4) is 0 Å². The summed E-state index contributed by atoms with van der Waals surface area (Å²) < 4.78 is 26.9. The van der Waals surface area contributed by atoms with Crippen LogP contribution < -0.4 is 4.72 Å². The average Bonchev–Trinajstić information content (AvgIpc) is 2.70. The average molecular weight is 302 g/mol. The van der Waals surface area contributed by atoms with Gasteiger partial charge in [-0.2, -0.15) is 5.10 Å². The fourth-order valence-corrected chi connectivity index (χ4v) is 2.43. The molecule has 0 radical (unpaired) electrons. The first-order valence-electron chi connectivity index (χ1n) is 4.35. The molecule has 1 aromatic heterocycles. The number of H-pyrrole nitrogens is 1. The van der Waals surface area contributed by atoms with Crippen molar-refractivity contribution < 1.29 is 8.42 Å². The molecule has 0 bridgehead atoms. The Labute approximate surface area is 101 Å². The first-order chi connectivity index (χ1) is 7.58. The third kappa shape index (κ3) is 2.42. The molecule has 1 heterocycles. The van der Waals surface area contributed by atoms with Crippen LogP contribution in [0.3, 0.4) is 0 Å². The largest absolute Gasteiger partial charge is 0.284 e. The summed E-state index contributed by atoms with van der Waals surface area (Å²) in [6.07, 6.45) is 2.87. The van der Waals surface area contributed by atoms with Crippen LogP contribution in [0.5, 0.6) is 0 Å². The number of benzene rings is 1. The molecule has 0 fully saturated rings. The number of hydrogen-bond acceptors (Lipinski definition) is 3. The van der Waals surface area contributed by atoms with Crippen LogP contribution in [0.1, 0.15) is 0 Å². The molecule has 16 heavy (non-hydrogen) atoms. The van der Waals surface area contributed by atoms with Crippen molar-refractivity contribution in [2.24, 2.45) is 0 Å². The van der Waals surface area contributed by atoms with Crippen LogP contribution in [0.25, 0.3) is 0 Å². The Bertz CT molecular complexity index is 563. The van der Waals surface area contributed by atoms with Gasteiger partial charge >= 0.3 is 0 Å². The number of hydrogen-bond donors (Lipinski definition) is 2. The van der Waals surface area contributed by atoms with E-state index in [0.717, 1.165) is 4.47 Å². The number of rotatable bonds is 3. The first kappa shape index (κ1) is 11.2. The summed E-state index contributed by atoms with van der Waals surface area (Å²) >= 11 is 3.24. The second-order valence-electron chi connectivity index (χ2n) is 3.05. The lowest BCUT2D eigenvalue weighted by Gasteiger charge is -2.05. The highest BCUT2D eigenvalue weighted by Crippen LogP contribution is 2.17. The van der Waals surface area contributed by atoms with Crippen LogP contribution >= 0.6 is 15.9 Å². The molecule has 0 aliphatic rings. The number of nitrogens with one attached hydrogen (secondary N) is 2. The standard InChI is InChI=1S/C9H8BrN3O2S/c10-7-1-3-9(4-2-7)16(14,15)13-8-5-11-12-6-8/h1-6,13H,(H,11,12). The molecule has 84 valence electrons. The van der Waals surface area contributed by atoms with Gasteiger partial charge in [0.25, 0.3) is 10.0 Å². The van der Waals surface area contributed by atoms with Gasteiger partial charge in [-0.3, -0.25) is 9.82 Å². The maximum absolute atomic E-state index is 11.8. The molecule has 2 rings (SSSR count). The van der Waals surface area contributed by atoms with E-state index in [-0.39, 0.29) is 4.90 Å². The van der Waals surface area contributed by atoms with E-state index < -0.39 is 10.0 Å². The monoisotopic (exact) mass is 301 g/mol. The van der Waals surface area contributed by atoms with Crippen molar-refractivity contribution in [2.75, 3.05) is 4.72 Å². The molecule has 0 atom stereocenters. The highest BCUT2D eigenvalue weighted by Gasteiger charge is 2.13. The molecule has 2 N–H and O–H groups in total. The normalized spacial score (nSPS) is 11.3. The zero-order valence-electron chi connectivity index (χ0n) is 8.01. The van der Waals surface area contributed by atoms with Gasteiger partial charge < -0.3 is 0 Å². The van der Waals surface area contributed by atoms with Gasteiger partial charge in [0.2, 0.25) is 0 Å². The molecule has 5 nitrogen and oxygen atoms in total. The van der Waals surface area contributed by atoms with Gasteiger partial charge in [0.15, 0.2) is 0 Å². The molecule has 0 aliphatic carbocycles. The first-order valence-corrected chi connectivity index (χ1v) is 6.63. The van der Waals surface area contributed by atoms with Crippen LogP contribution in [-0.2, 0) is 10.0 Å². The number of sulfonamides is 1. The van der Waals surface area contributed by atoms with Gasteiger partial charge in [-0.05, 0) is 24.3 Å². The molecule has 0 amide bonds. The van der Waals surface area contributed by atoms with Crippen molar-refractivity contribution in [3.63, 3.8) is 0 Å². The quantitative estimate of drug-likeness (QED) is 0.910. The number of halogens is 1. The van der Waals surface area contributed by atoms with Crippen molar-refractivity contribution in [1.29, 1.82) is 0 Å². The number of nitrogens with zero attached hydrogens (tertiary/aromatic N) is 1. The van der Waals surface area contributed by atoms with E-state index >= 15 is 0 Å². The Morgan fingerprint density at radius 2 is 1.94 bits per heavy atom. The van der Waals surface area contributed by atoms with E-state index in [1.165, 1.54) is 24.5 Å². The molecule has 1 aromatic carbocycles. The maximum atomic E-state index is 11.8. The predicted octanol–water partition coefficient (Wildman–Crippen LogP) is 1.97. The summed E-state index contributed by atoms with van der Waals surface area (Å²) in [6.45, 7) is 0. The number of aromatic nitrogens is 2. The summed E-state index contributed by atoms with van der Waals surface area (Å²) in [7, 11) is -3.53. The van der Waals surface area contributed by atoms with Crippen molar-refractivity contribution in [2.45, 2.75) is 4.90 Å². The summed E-state index contributed by atoms with van der Waals surface area (Å²) in [5.74, 6) is 0. The molecule has 0 spiro atoms. The third-order valence-electron chi connectivity index (χ3n) is 1.87. The van der Waals surface area contributed by atoms with Crippen LogP contribution in [0.15, 0.2) is 46.0 Å². The topological polar surface area (TPSA) is 74.8 Å². The Hall–Kier alpha value is -1.34. The van der Waals surface area contributed by atoms with Gasteiger partial charge in [0, 0.05) is 10.7 Å². The summed E-state index contributed by atoms with van der Waals surface area (Å²) in [6, 6.07) is 6.38. The lowest BCUT2D eigenvalue weighted by molar-refractivity contribution is 0.601. The van der Waals surface area contributed by atoms with Crippen LogP contribution in [0.4, 0.5) is 5.69 Å². The van der Waals surface area contributed by atoms with Gasteiger partial charge in [0.05, 0.1) is 16.8 Å². The van der Waals surface area contributed by atoms with Crippen molar-refractivity contribution in [1.82, 2.24) is 10.2 Å². The van der Waals surface area contributed by atoms with Gasteiger partial charge in [0.1, 0.15) is 0 Å². The van der Waals surface area contributed by atoms with E-state index in [0.29, 0.717) is 5.69 Å². The summed E-state index contributed by atoms with van der Waals surface area (Å²) in [5, 5.41) is 6.18. The minimum Gasteiger partial charge on any atom is -0.284 e.